The molecule has 19 heavy (non-hydrogen) atoms. The van der Waals surface area contributed by atoms with Crippen molar-refractivity contribution in [3.8, 4) is 0 Å². The lowest BCUT2D eigenvalue weighted by atomic mass is 9.81. The van der Waals surface area contributed by atoms with E-state index in [0.29, 0.717) is 24.4 Å². The van der Waals surface area contributed by atoms with Crippen molar-refractivity contribution in [3.05, 3.63) is 0 Å². The summed E-state index contributed by atoms with van der Waals surface area (Å²) in [5.41, 5.74) is 0. The normalized spacial score (nSPS) is 39.0. The molecule has 2 bridgehead atoms. The van der Waals surface area contributed by atoms with E-state index in [0.717, 1.165) is 19.1 Å². The maximum absolute atomic E-state index is 6.05. The van der Waals surface area contributed by atoms with E-state index in [2.05, 4.69) is 12.2 Å². The van der Waals surface area contributed by atoms with Crippen LogP contribution in [0.4, 0.5) is 0 Å². The Labute approximate surface area is 117 Å². The van der Waals surface area contributed by atoms with E-state index in [1.165, 1.54) is 51.4 Å². The predicted molar refractivity (Wildman–Crippen MR) is 76.3 cm³/mol. The molecule has 3 heterocycles. The summed E-state index contributed by atoms with van der Waals surface area (Å²) in [5.74, 6) is 0.756. The van der Waals surface area contributed by atoms with Crippen LogP contribution in [0.15, 0.2) is 0 Å². The molecule has 0 radical (unpaired) electrons. The highest BCUT2D eigenvalue weighted by atomic mass is 16.5. The Morgan fingerprint density at radius 2 is 2.21 bits per heavy atom. The first-order chi connectivity index (χ1) is 9.36. The quantitative estimate of drug-likeness (QED) is 0.769. The minimum Gasteiger partial charge on any atom is -0.378 e. The van der Waals surface area contributed by atoms with Gasteiger partial charge in [0.25, 0.3) is 0 Å². The van der Waals surface area contributed by atoms with Gasteiger partial charge < -0.3 is 14.8 Å². The zero-order chi connectivity index (χ0) is 13.1. The molecule has 110 valence electrons. The standard InChI is InChI=1S/C16H29NO2/c1-2-9-17-15(7-5-12-4-3-10-18-12)14-11-13-6-8-16(14)19-13/h12-17H,2-11H2,1H3. The van der Waals surface area contributed by atoms with Crippen LogP contribution >= 0.6 is 0 Å². The Balaban J connectivity index is 1.51. The number of hydrogen-bond donors (Lipinski definition) is 1. The molecule has 0 amide bonds. The fourth-order valence-electron chi connectivity index (χ4n) is 4.14. The Morgan fingerprint density at radius 1 is 1.26 bits per heavy atom. The van der Waals surface area contributed by atoms with Crippen molar-refractivity contribution in [2.45, 2.75) is 82.6 Å². The maximum Gasteiger partial charge on any atom is 0.0623 e. The van der Waals surface area contributed by atoms with Crippen LogP contribution in [-0.2, 0) is 9.47 Å². The van der Waals surface area contributed by atoms with Gasteiger partial charge in [-0.1, -0.05) is 6.92 Å². The van der Waals surface area contributed by atoms with E-state index < -0.39 is 0 Å². The largest absolute Gasteiger partial charge is 0.378 e. The molecule has 5 atom stereocenters. The average molecular weight is 267 g/mol. The summed E-state index contributed by atoms with van der Waals surface area (Å²) in [6.07, 6.45) is 11.8. The monoisotopic (exact) mass is 267 g/mol. The number of fused-ring (bicyclic) bond motifs is 2. The highest BCUT2D eigenvalue weighted by molar-refractivity contribution is 4.95. The summed E-state index contributed by atoms with van der Waals surface area (Å²) in [6.45, 7) is 4.38. The van der Waals surface area contributed by atoms with Gasteiger partial charge in [-0.05, 0) is 57.9 Å². The van der Waals surface area contributed by atoms with Gasteiger partial charge in [0.15, 0.2) is 0 Å². The van der Waals surface area contributed by atoms with Crippen molar-refractivity contribution in [2.24, 2.45) is 5.92 Å². The Bertz CT molecular complexity index is 278. The first-order valence-corrected chi connectivity index (χ1v) is 8.37. The van der Waals surface area contributed by atoms with Crippen molar-refractivity contribution in [3.63, 3.8) is 0 Å². The zero-order valence-corrected chi connectivity index (χ0v) is 12.3. The minimum atomic E-state index is 0.533. The molecule has 1 N–H and O–H groups in total. The molecule has 0 aromatic rings. The van der Waals surface area contributed by atoms with Gasteiger partial charge in [0, 0.05) is 18.6 Å². The van der Waals surface area contributed by atoms with E-state index in [-0.39, 0.29) is 0 Å². The van der Waals surface area contributed by atoms with Gasteiger partial charge in [-0.25, -0.2) is 0 Å². The van der Waals surface area contributed by atoms with Gasteiger partial charge in [0.05, 0.1) is 18.3 Å². The summed E-state index contributed by atoms with van der Waals surface area (Å²) < 4.78 is 11.8. The zero-order valence-electron chi connectivity index (χ0n) is 12.3. The summed E-state index contributed by atoms with van der Waals surface area (Å²) in [4.78, 5) is 0. The molecule has 0 aromatic carbocycles. The highest BCUT2D eigenvalue weighted by Gasteiger charge is 2.44. The third kappa shape index (κ3) is 3.32. The molecule has 0 saturated carbocycles. The average Bonchev–Trinajstić information content (AvgIpc) is 3.16. The molecule has 0 aliphatic carbocycles. The summed E-state index contributed by atoms with van der Waals surface area (Å²) in [5, 5.41) is 3.78. The van der Waals surface area contributed by atoms with Gasteiger partial charge in [-0.2, -0.15) is 0 Å². The van der Waals surface area contributed by atoms with Crippen LogP contribution in [0.1, 0.15) is 58.3 Å². The van der Waals surface area contributed by atoms with Gasteiger partial charge >= 0.3 is 0 Å². The molecule has 3 nitrogen and oxygen atoms in total. The van der Waals surface area contributed by atoms with Gasteiger partial charge in [0.1, 0.15) is 0 Å². The van der Waals surface area contributed by atoms with Crippen LogP contribution in [-0.4, -0.2) is 37.5 Å². The lowest BCUT2D eigenvalue weighted by molar-refractivity contribution is 0.0767. The molecule has 5 unspecified atom stereocenters. The summed E-state index contributed by atoms with van der Waals surface area (Å²) in [6, 6.07) is 0.652. The highest BCUT2D eigenvalue weighted by Crippen LogP contribution is 2.41. The third-order valence-electron chi connectivity index (χ3n) is 5.15. The Kier molecular flexibility index (Phi) is 4.78. The second-order valence-corrected chi connectivity index (χ2v) is 6.55. The molecule has 0 spiro atoms. The molecule has 3 saturated heterocycles. The molecule has 3 aliphatic heterocycles. The molecular formula is C16H29NO2. The maximum atomic E-state index is 6.05. The van der Waals surface area contributed by atoms with E-state index >= 15 is 0 Å². The summed E-state index contributed by atoms with van der Waals surface area (Å²) in [7, 11) is 0. The fraction of sp³-hybridized carbons (Fsp3) is 1.00. The van der Waals surface area contributed by atoms with Crippen molar-refractivity contribution in [2.75, 3.05) is 13.2 Å². The minimum absolute atomic E-state index is 0.533. The van der Waals surface area contributed by atoms with Crippen LogP contribution in [0.5, 0.6) is 0 Å². The summed E-state index contributed by atoms with van der Waals surface area (Å²) >= 11 is 0. The number of nitrogens with one attached hydrogen (secondary N) is 1. The number of rotatable bonds is 7. The van der Waals surface area contributed by atoms with Gasteiger partial charge in [0.2, 0.25) is 0 Å². The predicted octanol–water partition coefficient (Wildman–Crippen LogP) is 2.88. The van der Waals surface area contributed by atoms with E-state index in [1.807, 2.05) is 0 Å². The second-order valence-electron chi connectivity index (χ2n) is 6.55. The van der Waals surface area contributed by atoms with E-state index in [9.17, 15) is 0 Å². The van der Waals surface area contributed by atoms with Crippen molar-refractivity contribution < 1.29 is 9.47 Å². The Hall–Kier alpha value is -0.120. The van der Waals surface area contributed by atoms with E-state index in [4.69, 9.17) is 9.47 Å². The second kappa shape index (κ2) is 6.55. The third-order valence-corrected chi connectivity index (χ3v) is 5.15. The molecular weight excluding hydrogens is 238 g/mol. The van der Waals surface area contributed by atoms with Crippen molar-refractivity contribution in [1.29, 1.82) is 0 Å². The fourth-order valence-corrected chi connectivity index (χ4v) is 4.14. The van der Waals surface area contributed by atoms with Crippen molar-refractivity contribution in [1.82, 2.24) is 5.32 Å². The van der Waals surface area contributed by atoms with Crippen molar-refractivity contribution >= 4 is 0 Å². The molecule has 3 rings (SSSR count). The van der Waals surface area contributed by atoms with E-state index in [1.54, 1.807) is 0 Å². The first-order valence-electron chi connectivity index (χ1n) is 8.37. The smallest absolute Gasteiger partial charge is 0.0623 e. The topological polar surface area (TPSA) is 30.5 Å². The molecule has 0 aromatic heterocycles. The molecule has 3 fully saturated rings. The first kappa shape index (κ1) is 13.8. The van der Waals surface area contributed by atoms with Crippen LogP contribution in [0, 0.1) is 5.92 Å². The Morgan fingerprint density at radius 3 is 2.84 bits per heavy atom. The van der Waals surface area contributed by atoms with Crippen LogP contribution in [0.25, 0.3) is 0 Å². The van der Waals surface area contributed by atoms with Crippen LogP contribution < -0.4 is 5.32 Å². The lowest BCUT2D eigenvalue weighted by Crippen LogP contribution is -2.41. The molecule has 3 aliphatic rings. The number of hydrogen-bond acceptors (Lipinski definition) is 3. The lowest BCUT2D eigenvalue weighted by Gasteiger charge is -2.30. The van der Waals surface area contributed by atoms with Crippen LogP contribution in [0.2, 0.25) is 0 Å². The van der Waals surface area contributed by atoms with Gasteiger partial charge in [-0.3, -0.25) is 0 Å². The van der Waals surface area contributed by atoms with Gasteiger partial charge in [-0.15, -0.1) is 0 Å². The molecule has 3 heteroatoms. The SMILES string of the molecule is CCCNC(CCC1CCCO1)C1CC2CCC1O2. The number of ether oxygens (including phenoxy) is 2. The van der Waals surface area contributed by atoms with Crippen LogP contribution in [0.3, 0.4) is 0 Å².